The Morgan fingerprint density at radius 1 is 1.12 bits per heavy atom. The van der Waals surface area contributed by atoms with Crippen LogP contribution in [0.2, 0.25) is 0 Å². The lowest BCUT2D eigenvalue weighted by Crippen LogP contribution is -2.48. The zero-order chi connectivity index (χ0) is 18.7. The van der Waals surface area contributed by atoms with Gasteiger partial charge in [0.25, 0.3) is 0 Å². The third-order valence-electron chi connectivity index (χ3n) is 4.77. The zero-order valence-corrected chi connectivity index (χ0v) is 15.7. The van der Waals surface area contributed by atoms with Crippen molar-refractivity contribution in [3.8, 4) is 0 Å². The molecule has 1 atom stereocenters. The first-order valence-corrected chi connectivity index (χ1v) is 9.19. The van der Waals surface area contributed by atoms with Crippen LogP contribution < -0.4 is 4.90 Å². The maximum absolute atomic E-state index is 13.8. The number of piperazine rings is 1. The molecule has 2 heterocycles. The van der Waals surface area contributed by atoms with E-state index in [-0.39, 0.29) is 5.82 Å². The van der Waals surface area contributed by atoms with Crippen molar-refractivity contribution < 1.29 is 9.50 Å². The molecular weight excluding hydrogens is 331 g/mol. The van der Waals surface area contributed by atoms with Crippen LogP contribution in [-0.2, 0) is 0 Å². The van der Waals surface area contributed by atoms with Crippen molar-refractivity contribution in [2.24, 2.45) is 0 Å². The number of aryl methyl sites for hydroxylation is 1. The third-order valence-corrected chi connectivity index (χ3v) is 4.77. The van der Waals surface area contributed by atoms with E-state index in [0.717, 1.165) is 43.5 Å². The number of aliphatic hydroxyl groups is 1. The Morgan fingerprint density at radius 2 is 1.81 bits per heavy atom. The number of benzene rings is 1. The van der Waals surface area contributed by atoms with Crippen LogP contribution in [0.1, 0.15) is 43.0 Å². The Morgan fingerprint density at radius 3 is 2.46 bits per heavy atom. The summed E-state index contributed by atoms with van der Waals surface area (Å²) in [7, 11) is 0. The van der Waals surface area contributed by atoms with Gasteiger partial charge < -0.3 is 10.0 Å². The first-order valence-electron chi connectivity index (χ1n) is 9.19. The zero-order valence-electron chi connectivity index (χ0n) is 15.7. The number of β-amino-alcohol motifs (C(OH)–C–C–N with tert-alkyl or cyclic N) is 1. The van der Waals surface area contributed by atoms with Gasteiger partial charge in [-0.05, 0) is 13.0 Å². The summed E-state index contributed by atoms with van der Waals surface area (Å²) in [4.78, 5) is 13.6. The van der Waals surface area contributed by atoms with Crippen LogP contribution in [-0.4, -0.2) is 52.7 Å². The lowest BCUT2D eigenvalue weighted by Gasteiger charge is -2.36. The topological polar surface area (TPSA) is 52.5 Å². The summed E-state index contributed by atoms with van der Waals surface area (Å²) in [6.07, 6.45) is -0.809. The second-order valence-corrected chi connectivity index (χ2v) is 7.21. The van der Waals surface area contributed by atoms with Crippen molar-refractivity contribution in [1.82, 2.24) is 14.9 Å². The Kier molecular flexibility index (Phi) is 5.84. The highest BCUT2D eigenvalue weighted by Gasteiger charge is 2.22. The van der Waals surface area contributed by atoms with Crippen molar-refractivity contribution in [2.45, 2.75) is 32.8 Å². The van der Waals surface area contributed by atoms with E-state index in [1.165, 1.54) is 6.07 Å². The second-order valence-electron chi connectivity index (χ2n) is 7.21. The van der Waals surface area contributed by atoms with Gasteiger partial charge in [-0.25, -0.2) is 14.4 Å². The van der Waals surface area contributed by atoms with Gasteiger partial charge in [-0.2, -0.15) is 0 Å². The molecule has 1 aliphatic rings. The monoisotopic (exact) mass is 358 g/mol. The van der Waals surface area contributed by atoms with E-state index in [2.05, 4.69) is 28.6 Å². The van der Waals surface area contributed by atoms with Crippen molar-refractivity contribution in [3.05, 3.63) is 53.2 Å². The maximum atomic E-state index is 13.8. The molecule has 0 amide bonds. The number of hydrogen-bond donors (Lipinski definition) is 1. The highest BCUT2D eigenvalue weighted by Crippen LogP contribution is 2.21. The predicted molar refractivity (Wildman–Crippen MR) is 101 cm³/mol. The van der Waals surface area contributed by atoms with Gasteiger partial charge in [-0.1, -0.05) is 32.0 Å². The van der Waals surface area contributed by atoms with E-state index in [1.54, 1.807) is 18.2 Å². The molecule has 1 aliphatic heterocycles. The van der Waals surface area contributed by atoms with Crippen LogP contribution in [0.25, 0.3) is 0 Å². The van der Waals surface area contributed by atoms with Crippen molar-refractivity contribution in [1.29, 1.82) is 0 Å². The van der Waals surface area contributed by atoms with E-state index in [9.17, 15) is 9.50 Å². The largest absolute Gasteiger partial charge is 0.387 e. The van der Waals surface area contributed by atoms with E-state index >= 15 is 0 Å². The number of aliphatic hydroxyl groups excluding tert-OH is 1. The third kappa shape index (κ3) is 4.37. The minimum absolute atomic E-state index is 0.297. The summed E-state index contributed by atoms with van der Waals surface area (Å²) in [5.74, 6) is 1.79. The highest BCUT2D eigenvalue weighted by atomic mass is 19.1. The minimum Gasteiger partial charge on any atom is -0.387 e. The molecule has 0 bridgehead atoms. The van der Waals surface area contributed by atoms with E-state index in [0.29, 0.717) is 18.0 Å². The molecule has 6 heteroatoms. The van der Waals surface area contributed by atoms with Crippen LogP contribution in [0, 0.1) is 12.7 Å². The Hall–Kier alpha value is -2.05. The molecule has 3 rings (SSSR count). The molecule has 1 aromatic carbocycles. The smallest absolute Gasteiger partial charge is 0.133 e. The van der Waals surface area contributed by atoms with Gasteiger partial charge in [-0.15, -0.1) is 0 Å². The lowest BCUT2D eigenvalue weighted by molar-refractivity contribution is 0.106. The molecule has 1 fully saturated rings. The first kappa shape index (κ1) is 18.7. The van der Waals surface area contributed by atoms with Gasteiger partial charge in [0, 0.05) is 56.0 Å². The molecule has 0 spiro atoms. The van der Waals surface area contributed by atoms with Gasteiger partial charge in [-0.3, -0.25) is 4.90 Å². The number of halogens is 1. The SMILES string of the molecule is Cc1cc(N2CCN(C[C@H](O)c3ccccc3F)CC2)nc(C(C)C)n1. The quantitative estimate of drug-likeness (QED) is 0.891. The van der Waals surface area contributed by atoms with Crippen LogP contribution in [0.4, 0.5) is 10.2 Å². The fourth-order valence-corrected chi connectivity index (χ4v) is 3.24. The highest BCUT2D eigenvalue weighted by molar-refractivity contribution is 5.40. The van der Waals surface area contributed by atoms with Gasteiger partial charge in [0.1, 0.15) is 17.5 Å². The molecule has 0 radical (unpaired) electrons. The van der Waals surface area contributed by atoms with Gasteiger partial charge in [0.2, 0.25) is 0 Å². The second kappa shape index (κ2) is 8.10. The maximum Gasteiger partial charge on any atom is 0.133 e. The summed E-state index contributed by atoms with van der Waals surface area (Å²) in [5, 5.41) is 10.4. The van der Waals surface area contributed by atoms with Crippen molar-refractivity contribution in [2.75, 3.05) is 37.6 Å². The van der Waals surface area contributed by atoms with Gasteiger partial charge >= 0.3 is 0 Å². The fraction of sp³-hybridized carbons (Fsp3) is 0.500. The van der Waals surface area contributed by atoms with Gasteiger partial charge in [0.05, 0.1) is 6.10 Å². The van der Waals surface area contributed by atoms with Crippen molar-refractivity contribution in [3.63, 3.8) is 0 Å². The standard InChI is InChI=1S/C20H27FN4O/c1-14(2)20-22-15(3)12-19(23-20)25-10-8-24(9-11-25)13-18(26)16-6-4-5-7-17(16)21/h4-7,12,14,18,26H,8-11,13H2,1-3H3/t18-/m0/s1. The Balaban J connectivity index is 1.60. The molecular formula is C20H27FN4O. The number of nitrogens with zero attached hydrogens (tertiary/aromatic N) is 4. The van der Waals surface area contributed by atoms with E-state index in [4.69, 9.17) is 4.98 Å². The van der Waals surface area contributed by atoms with Gasteiger partial charge in [0.15, 0.2) is 0 Å². The minimum atomic E-state index is -0.809. The average Bonchev–Trinajstić information content (AvgIpc) is 2.62. The summed E-state index contributed by atoms with van der Waals surface area (Å²) in [6, 6.07) is 8.45. The molecule has 2 aromatic rings. The lowest BCUT2D eigenvalue weighted by atomic mass is 10.1. The predicted octanol–water partition coefficient (Wildman–Crippen LogP) is 2.90. The molecule has 5 nitrogen and oxygen atoms in total. The normalized spacial score (nSPS) is 16.9. The van der Waals surface area contributed by atoms with Crippen LogP contribution in [0.3, 0.4) is 0 Å². The van der Waals surface area contributed by atoms with Crippen LogP contribution in [0.5, 0.6) is 0 Å². The number of aromatic nitrogens is 2. The fourth-order valence-electron chi connectivity index (χ4n) is 3.24. The number of anilines is 1. The summed E-state index contributed by atoms with van der Waals surface area (Å²) in [5.41, 5.74) is 1.35. The molecule has 0 aliphatic carbocycles. The average molecular weight is 358 g/mol. The van der Waals surface area contributed by atoms with Crippen LogP contribution >= 0.6 is 0 Å². The summed E-state index contributed by atoms with van der Waals surface area (Å²) in [6.45, 7) is 9.92. The molecule has 0 saturated carbocycles. The molecule has 1 aromatic heterocycles. The van der Waals surface area contributed by atoms with E-state index in [1.807, 2.05) is 13.0 Å². The summed E-state index contributed by atoms with van der Waals surface area (Å²) >= 11 is 0. The molecule has 0 unspecified atom stereocenters. The Labute approximate surface area is 154 Å². The summed E-state index contributed by atoms with van der Waals surface area (Å²) < 4.78 is 13.8. The molecule has 26 heavy (non-hydrogen) atoms. The first-order chi connectivity index (χ1) is 12.4. The number of rotatable bonds is 5. The van der Waals surface area contributed by atoms with Crippen LogP contribution in [0.15, 0.2) is 30.3 Å². The molecule has 1 saturated heterocycles. The molecule has 140 valence electrons. The number of hydrogen-bond acceptors (Lipinski definition) is 5. The molecule has 1 N–H and O–H groups in total. The Bertz CT molecular complexity index is 744. The van der Waals surface area contributed by atoms with E-state index < -0.39 is 6.10 Å². The van der Waals surface area contributed by atoms with Crippen molar-refractivity contribution >= 4 is 5.82 Å².